The van der Waals surface area contributed by atoms with Crippen molar-refractivity contribution in [3.8, 4) is 0 Å². The molecule has 6 nitrogen and oxygen atoms in total. The van der Waals surface area contributed by atoms with E-state index in [0.717, 1.165) is 15.7 Å². The Morgan fingerprint density at radius 3 is 2.05 bits per heavy atom. The topological polar surface area (TPSA) is 109 Å². The third-order valence-electron chi connectivity index (χ3n) is 2.43. The molecule has 102 valence electrons. The minimum absolute atomic E-state index is 0.182. The fraction of sp³-hybridized carbons (Fsp3) is 0. The molecule has 2 rings (SSSR count). The number of halogens is 1. The first-order chi connectivity index (χ1) is 8.59. The van der Waals surface area contributed by atoms with Gasteiger partial charge in [-0.1, -0.05) is 6.07 Å². The van der Waals surface area contributed by atoms with Gasteiger partial charge in [-0.2, -0.15) is 16.8 Å². The molecule has 0 unspecified atom stereocenters. The van der Waals surface area contributed by atoms with Crippen LogP contribution in [0.25, 0.3) is 10.8 Å². The maximum Gasteiger partial charge on any atom is 0.295 e. The van der Waals surface area contributed by atoms with Crippen LogP contribution in [0.3, 0.4) is 0 Å². The quantitative estimate of drug-likeness (QED) is 0.575. The van der Waals surface area contributed by atoms with E-state index in [2.05, 4.69) is 0 Å². The largest absolute Gasteiger partial charge is 0.295 e. The Morgan fingerprint density at radius 1 is 0.895 bits per heavy atom. The molecule has 0 bridgehead atoms. The summed E-state index contributed by atoms with van der Waals surface area (Å²) in [5, 5.41) is 0.463. The summed E-state index contributed by atoms with van der Waals surface area (Å²) < 4.78 is 63.7. The van der Waals surface area contributed by atoms with E-state index in [-0.39, 0.29) is 10.8 Å². The Kier molecular flexibility index (Phi) is 3.60. The van der Waals surface area contributed by atoms with Gasteiger partial charge >= 0.3 is 0 Å². The summed E-state index contributed by atoms with van der Waals surface area (Å²) >= 11 is 1.95. The van der Waals surface area contributed by atoms with Crippen LogP contribution in [0.2, 0.25) is 0 Å². The van der Waals surface area contributed by atoms with E-state index in [9.17, 15) is 16.8 Å². The highest BCUT2D eigenvalue weighted by atomic mass is 127. The van der Waals surface area contributed by atoms with Crippen LogP contribution in [0.15, 0.2) is 40.1 Å². The van der Waals surface area contributed by atoms with Crippen LogP contribution < -0.4 is 0 Å². The average molecular weight is 414 g/mol. The van der Waals surface area contributed by atoms with Gasteiger partial charge in [-0.3, -0.25) is 9.11 Å². The minimum atomic E-state index is -4.61. The van der Waals surface area contributed by atoms with Crippen LogP contribution in [-0.4, -0.2) is 25.9 Å². The summed E-state index contributed by atoms with van der Waals surface area (Å²) in [7, 11) is -9.17. The van der Waals surface area contributed by atoms with Gasteiger partial charge in [0, 0.05) is 8.96 Å². The first-order valence-corrected chi connectivity index (χ1v) is 8.73. The molecule has 0 aliphatic heterocycles. The third-order valence-corrected chi connectivity index (χ3v) is 4.82. The predicted octanol–water partition coefficient (Wildman–Crippen LogP) is 1.94. The van der Waals surface area contributed by atoms with Crippen LogP contribution in [-0.2, 0) is 20.2 Å². The molecule has 0 heterocycles. The lowest BCUT2D eigenvalue weighted by Crippen LogP contribution is -2.04. The van der Waals surface area contributed by atoms with Crippen molar-refractivity contribution in [2.45, 2.75) is 9.79 Å². The van der Waals surface area contributed by atoms with Gasteiger partial charge < -0.3 is 0 Å². The van der Waals surface area contributed by atoms with E-state index in [4.69, 9.17) is 9.11 Å². The second-order valence-corrected chi connectivity index (χ2v) is 7.79. The summed E-state index contributed by atoms with van der Waals surface area (Å²) in [5.41, 5.74) is 0. The summed E-state index contributed by atoms with van der Waals surface area (Å²) in [6.45, 7) is 0. The Hall–Kier alpha value is -0.750. The molecule has 0 amide bonds. The van der Waals surface area contributed by atoms with Crippen molar-refractivity contribution in [2.75, 3.05) is 0 Å². The minimum Gasteiger partial charge on any atom is -0.282 e. The van der Waals surface area contributed by atoms with Crippen molar-refractivity contribution in [1.82, 2.24) is 0 Å². The van der Waals surface area contributed by atoms with Crippen molar-refractivity contribution in [3.63, 3.8) is 0 Å². The molecule has 0 atom stereocenters. The Morgan fingerprint density at radius 2 is 1.53 bits per heavy atom. The second-order valence-electron chi connectivity index (χ2n) is 3.74. The van der Waals surface area contributed by atoms with E-state index in [1.54, 1.807) is 6.07 Å². The van der Waals surface area contributed by atoms with E-state index >= 15 is 0 Å². The Balaban J connectivity index is 3.01. The lowest BCUT2D eigenvalue weighted by Gasteiger charge is -2.07. The van der Waals surface area contributed by atoms with Crippen LogP contribution in [0.4, 0.5) is 0 Å². The van der Waals surface area contributed by atoms with E-state index in [1.165, 1.54) is 12.1 Å². The first kappa shape index (κ1) is 14.7. The Labute approximate surface area is 123 Å². The van der Waals surface area contributed by atoms with Crippen molar-refractivity contribution >= 4 is 53.6 Å². The molecule has 9 heteroatoms. The van der Waals surface area contributed by atoms with Gasteiger partial charge in [0.15, 0.2) is 0 Å². The summed E-state index contributed by atoms with van der Waals surface area (Å²) in [4.78, 5) is -1.15. The third kappa shape index (κ3) is 3.05. The Bertz CT molecular complexity index is 870. The van der Waals surface area contributed by atoms with Crippen molar-refractivity contribution < 1.29 is 25.9 Å². The number of hydrogen-bond donors (Lipinski definition) is 2. The summed E-state index contributed by atoms with van der Waals surface area (Å²) in [6.07, 6.45) is 0. The molecule has 0 saturated carbocycles. The molecule has 0 aromatic heterocycles. The zero-order valence-corrected chi connectivity index (χ0v) is 12.9. The van der Waals surface area contributed by atoms with E-state index in [1.807, 2.05) is 22.6 Å². The molecule has 0 fully saturated rings. The SMILES string of the molecule is O=S(=O)(O)c1cc(S(=O)(=O)O)c2cc(I)ccc2c1. The van der Waals surface area contributed by atoms with Gasteiger partial charge in [0.05, 0.1) is 4.90 Å². The van der Waals surface area contributed by atoms with Gasteiger partial charge in [-0.15, -0.1) is 0 Å². The lowest BCUT2D eigenvalue weighted by molar-refractivity contribution is 0.482. The van der Waals surface area contributed by atoms with Gasteiger partial charge in [0.1, 0.15) is 4.90 Å². The molecule has 0 spiro atoms. The van der Waals surface area contributed by atoms with E-state index in [0.29, 0.717) is 0 Å². The molecule has 2 aromatic rings. The zero-order chi connectivity index (χ0) is 14.4. The maximum absolute atomic E-state index is 11.3. The van der Waals surface area contributed by atoms with E-state index < -0.39 is 30.0 Å². The molecule has 0 aliphatic rings. The molecule has 0 radical (unpaired) electrons. The number of rotatable bonds is 2. The van der Waals surface area contributed by atoms with Crippen LogP contribution >= 0.6 is 22.6 Å². The molecule has 2 N–H and O–H groups in total. The highest BCUT2D eigenvalue weighted by Gasteiger charge is 2.20. The second kappa shape index (κ2) is 4.66. The van der Waals surface area contributed by atoms with Gasteiger partial charge in [-0.05, 0) is 52.2 Å². The molecular weight excluding hydrogens is 407 g/mol. The summed E-state index contributed by atoms with van der Waals surface area (Å²) in [5.74, 6) is 0. The maximum atomic E-state index is 11.3. The van der Waals surface area contributed by atoms with Crippen LogP contribution in [0.5, 0.6) is 0 Å². The van der Waals surface area contributed by atoms with Crippen molar-refractivity contribution in [2.24, 2.45) is 0 Å². The van der Waals surface area contributed by atoms with Crippen LogP contribution in [0, 0.1) is 3.57 Å². The molecular formula is C10H7IO6S2. The van der Waals surface area contributed by atoms with Crippen LogP contribution in [0.1, 0.15) is 0 Å². The molecule has 19 heavy (non-hydrogen) atoms. The number of hydrogen-bond acceptors (Lipinski definition) is 4. The highest BCUT2D eigenvalue weighted by Crippen LogP contribution is 2.28. The fourth-order valence-corrected chi connectivity index (χ4v) is 3.47. The molecule has 2 aromatic carbocycles. The lowest BCUT2D eigenvalue weighted by atomic mass is 10.1. The fourth-order valence-electron chi connectivity index (χ4n) is 1.63. The standard InChI is InChI=1S/C10H7IO6S2/c11-7-2-1-6-3-8(18(12,13)14)5-10(9(6)4-7)19(15,16)17/h1-5H,(H,12,13,14)(H,15,16,17). The van der Waals surface area contributed by atoms with Gasteiger partial charge in [0.2, 0.25) is 0 Å². The smallest absolute Gasteiger partial charge is 0.282 e. The number of fused-ring (bicyclic) bond motifs is 1. The summed E-state index contributed by atoms with van der Waals surface area (Å²) in [6, 6.07) is 6.50. The van der Waals surface area contributed by atoms with Crippen molar-refractivity contribution in [3.05, 3.63) is 33.9 Å². The first-order valence-electron chi connectivity index (χ1n) is 4.77. The molecule has 0 aliphatic carbocycles. The monoisotopic (exact) mass is 414 g/mol. The predicted molar refractivity (Wildman–Crippen MR) is 76.3 cm³/mol. The average Bonchev–Trinajstić information content (AvgIpc) is 2.24. The molecule has 0 saturated heterocycles. The zero-order valence-electron chi connectivity index (χ0n) is 9.11. The number of benzene rings is 2. The normalized spacial score (nSPS) is 12.8. The highest BCUT2D eigenvalue weighted by molar-refractivity contribution is 14.1. The van der Waals surface area contributed by atoms with Crippen molar-refractivity contribution in [1.29, 1.82) is 0 Å². The van der Waals surface area contributed by atoms with Gasteiger partial charge in [-0.25, -0.2) is 0 Å². The van der Waals surface area contributed by atoms with Gasteiger partial charge in [0.25, 0.3) is 20.2 Å².